The maximum Gasteiger partial charge on any atom is 0.193 e. The van der Waals surface area contributed by atoms with Crippen molar-refractivity contribution in [2.45, 2.75) is 13.0 Å². The number of likely N-dealkylation sites (N-methyl/N-ethyl adjacent to an activating group) is 1. The average Bonchev–Trinajstić information content (AvgIpc) is 3.33. The number of thiophene rings is 1. The third-order valence-electron chi connectivity index (χ3n) is 3.87. The maximum absolute atomic E-state index is 4.72. The Balaban J connectivity index is 1.53. The molecule has 3 aromatic rings. The molecule has 0 saturated heterocycles. The van der Waals surface area contributed by atoms with Gasteiger partial charge in [0.1, 0.15) is 5.01 Å². The number of nitrogens with zero attached hydrogens (tertiary/aromatic N) is 3. The summed E-state index contributed by atoms with van der Waals surface area (Å²) in [6.45, 7) is 1.63. The smallest absolute Gasteiger partial charge is 0.193 e. The average molecular weight is 371 g/mol. The summed E-state index contributed by atoms with van der Waals surface area (Å²) in [5.41, 5.74) is 2.19. The zero-order chi connectivity index (χ0) is 17.5. The van der Waals surface area contributed by atoms with Crippen molar-refractivity contribution < 1.29 is 0 Å². The molecule has 0 radical (unpaired) electrons. The van der Waals surface area contributed by atoms with E-state index in [-0.39, 0.29) is 0 Å². The van der Waals surface area contributed by atoms with Crippen molar-refractivity contribution >= 4 is 28.6 Å². The van der Waals surface area contributed by atoms with Crippen LogP contribution in [0.3, 0.4) is 0 Å². The minimum atomic E-state index is 0.688. The Morgan fingerprint density at radius 1 is 1.16 bits per heavy atom. The third-order valence-corrected chi connectivity index (χ3v) is 5.65. The van der Waals surface area contributed by atoms with E-state index >= 15 is 0 Å². The van der Waals surface area contributed by atoms with Crippen LogP contribution in [0.5, 0.6) is 0 Å². The second-order valence-electron chi connectivity index (χ2n) is 5.64. The van der Waals surface area contributed by atoms with Crippen LogP contribution < -0.4 is 5.32 Å². The summed E-state index contributed by atoms with van der Waals surface area (Å²) in [4.78, 5) is 12.7. The number of nitrogens with one attached hydrogen (secondary N) is 1. The quantitative estimate of drug-likeness (QED) is 0.524. The van der Waals surface area contributed by atoms with Crippen LogP contribution in [0.4, 0.5) is 0 Å². The summed E-state index contributed by atoms with van der Waals surface area (Å²) in [5.74, 6) is 0.896. The van der Waals surface area contributed by atoms with Crippen LogP contribution in [-0.2, 0) is 13.0 Å². The Labute approximate surface area is 156 Å². The summed E-state index contributed by atoms with van der Waals surface area (Å²) in [6.07, 6.45) is 1.03. The molecule has 0 atom stereocenters. The number of hydrogen-bond donors (Lipinski definition) is 1. The molecule has 130 valence electrons. The van der Waals surface area contributed by atoms with Crippen LogP contribution in [0.15, 0.2) is 58.2 Å². The van der Waals surface area contributed by atoms with Gasteiger partial charge in [-0.3, -0.25) is 4.99 Å². The fraction of sp³-hybridized carbons (Fsp3) is 0.263. The number of thiazole rings is 1. The third kappa shape index (κ3) is 4.90. The van der Waals surface area contributed by atoms with E-state index in [1.807, 2.05) is 25.2 Å². The molecular formula is C19H22N4S2. The van der Waals surface area contributed by atoms with Gasteiger partial charge in [-0.25, -0.2) is 4.98 Å². The first-order chi connectivity index (χ1) is 12.3. The fourth-order valence-corrected chi connectivity index (χ4v) is 3.95. The highest BCUT2D eigenvalue weighted by Crippen LogP contribution is 2.21. The van der Waals surface area contributed by atoms with Crippen molar-refractivity contribution in [3.63, 3.8) is 0 Å². The molecule has 0 amide bonds. The second-order valence-corrected chi connectivity index (χ2v) is 7.62. The molecule has 0 aliphatic carbocycles. The molecule has 2 aromatic heterocycles. The Hall–Kier alpha value is -2.18. The van der Waals surface area contributed by atoms with E-state index in [9.17, 15) is 0 Å². The molecule has 0 saturated carbocycles. The van der Waals surface area contributed by atoms with Crippen molar-refractivity contribution in [1.29, 1.82) is 0 Å². The number of rotatable bonds is 6. The van der Waals surface area contributed by atoms with E-state index in [0.29, 0.717) is 6.54 Å². The van der Waals surface area contributed by atoms with Crippen molar-refractivity contribution in [3.8, 4) is 11.3 Å². The molecule has 3 rings (SSSR count). The predicted octanol–water partition coefficient (Wildman–Crippen LogP) is 4.12. The fourth-order valence-electron chi connectivity index (χ4n) is 2.51. The zero-order valence-corrected chi connectivity index (χ0v) is 16.1. The monoisotopic (exact) mass is 370 g/mol. The minimum Gasteiger partial charge on any atom is -0.350 e. The van der Waals surface area contributed by atoms with Crippen LogP contribution in [0.25, 0.3) is 11.3 Å². The van der Waals surface area contributed by atoms with E-state index in [1.165, 1.54) is 4.88 Å². The van der Waals surface area contributed by atoms with E-state index < -0.39 is 0 Å². The first-order valence-corrected chi connectivity index (χ1v) is 9.96. The molecule has 6 heteroatoms. The second kappa shape index (κ2) is 8.78. The molecule has 0 unspecified atom stereocenters. The first kappa shape index (κ1) is 17.6. The lowest BCUT2D eigenvalue weighted by Gasteiger charge is -2.21. The topological polar surface area (TPSA) is 40.5 Å². The van der Waals surface area contributed by atoms with Crippen LogP contribution in [0.2, 0.25) is 0 Å². The van der Waals surface area contributed by atoms with Crippen LogP contribution in [-0.4, -0.2) is 36.5 Å². The highest BCUT2D eigenvalue weighted by Gasteiger charge is 2.09. The Kier molecular flexibility index (Phi) is 6.19. The molecule has 0 fully saturated rings. The van der Waals surface area contributed by atoms with E-state index in [1.54, 1.807) is 22.7 Å². The van der Waals surface area contributed by atoms with Gasteiger partial charge in [-0.2, -0.15) is 0 Å². The van der Waals surface area contributed by atoms with Crippen LogP contribution >= 0.6 is 22.7 Å². The lowest BCUT2D eigenvalue weighted by atomic mass is 10.2. The largest absolute Gasteiger partial charge is 0.350 e. The molecule has 4 nitrogen and oxygen atoms in total. The van der Waals surface area contributed by atoms with Crippen molar-refractivity contribution in [1.82, 2.24) is 15.2 Å². The highest BCUT2D eigenvalue weighted by molar-refractivity contribution is 7.10. The molecular weight excluding hydrogens is 348 g/mol. The van der Waals surface area contributed by atoms with Gasteiger partial charge >= 0.3 is 0 Å². The van der Waals surface area contributed by atoms with E-state index in [2.05, 4.69) is 57.3 Å². The lowest BCUT2D eigenvalue weighted by Crippen LogP contribution is -2.39. The standard InChI is InChI=1S/C19H22N4S2/c1-20-19(23(2)11-10-16-9-6-12-24-16)21-13-18-22-17(14-25-18)15-7-4-3-5-8-15/h3-9,12,14H,10-11,13H2,1-2H3,(H,20,21). The van der Waals surface area contributed by atoms with Crippen molar-refractivity contribution in [3.05, 3.63) is 63.1 Å². The Bertz CT molecular complexity index is 794. The molecule has 0 aliphatic rings. The Morgan fingerprint density at radius 3 is 2.72 bits per heavy atom. The van der Waals surface area contributed by atoms with Gasteiger partial charge in [-0.15, -0.1) is 22.7 Å². The number of aromatic nitrogens is 1. The van der Waals surface area contributed by atoms with Crippen molar-refractivity contribution in [2.75, 3.05) is 20.6 Å². The minimum absolute atomic E-state index is 0.688. The SMILES string of the molecule is CN=C(NCc1nc(-c2ccccc2)cs1)N(C)CCc1cccs1. The molecule has 1 N–H and O–H groups in total. The Morgan fingerprint density at radius 2 is 2.00 bits per heavy atom. The van der Waals surface area contributed by atoms with E-state index in [4.69, 9.17) is 4.98 Å². The molecule has 1 aromatic carbocycles. The number of aliphatic imine (C=N–C) groups is 1. The highest BCUT2D eigenvalue weighted by atomic mass is 32.1. The first-order valence-electron chi connectivity index (χ1n) is 8.20. The van der Waals surface area contributed by atoms with Gasteiger partial charge in [0.05, 0.1) is 12.2 Å². The van der Waals surface area contributed by atoms with Gasteiger partial charge in [-0.1, -0.05) is 36.4 Å². The van der Waals surface area contributed by atoms with Gasteiger partial charge < -0.3 is 10.2 Å². The summed E-state index contributed by atoms with van der Waals surface area (Å²) in [6, 6.07) is 14.5. The molecule has 0 spiro atoms. The lowest BCUT2D eigenvalue weighted by molar-refractivity contribution is 0.486. The predicted molar refractivity (Wildman–Crippen MR) is 108 cm³/mol. The number of guanidine groups is 1. The summed E-state index contributed by atoms with van der Waals surface area (Å²) in [5, 5.41) is 8.70. The zero-order valence-electron chi connectivity index (χ0n) is 14.5. The van der Waals surface area contributed by atoms with Gasteiger partial charge in [0.2, 0.25) is 0 Å². The molecule has 0 bridgehead atoms. The maximum atomic E-state index is 4.72. The van der Waals surface area contributed by atoms with Crippen molar-refractivity contribution in [2.24, 2.45) is 4.99 Å². The van der Waals surface area contributed by atoms with Gasteiger partial charge in [0.25, 0.3) is 0 Å². The number of hydrogen-bond acceptors (Lipinski definition) is 4. The van der Waals surface area contributed by atoms with Gasteiger partial charge in [0.15, 0.2) is 5.96 Å². The summed E-state index contributed by atoms with van der Waals surface area (Å²) < 4.78 is 0. The van der Waals surface area contributed by atoms with E-state index in [0.717, 1.165) is 35.2 Å². The normalized spacial score (nSPS) is 11.5. The van der Waals surface area contributed by atoms with Gasteiger partial charge in [-0.05, 0) is 17.9 Å². The van der Waals surface area contributed by atoms with Crippen LogP contribution in [0.1, 0.15) is 9.88 Å². The van der Waals surface area contributed by atoms with Gasteiger partial charge in [0, 0.05) is 36.5 Å². The summed E-state index contributed by atoms with van der Waals surface area (Å²) >= 11 is 3.47. The van der Waals surface area contributed by atoms with Crippen LogP contribution in [0, 0.1) is 0 Å². The molecule has 0 aliphatic heterocycles. The molecule has 25 heavy (non-hydrogen) atoms. The number of benzene rings is 1. The summed E-state index contributed by atoms with van der Waals surface area (Å²) in [7, 11) is 3.89. The molecule has 2 heterocycles.